The van der Waals surface area contributed by atoms with Gasteiger partial charge in [-0.1, -0.05) is 19.8 Å². The number of rotatable bonds is 5. The number of aromatic nitrogens is 1. The molecule has 1 aromatic rings. The van der Waals surface area contributed by atoms with E-state index < -0.39 is 0 Å². The molecule has 1 aliphatic carbocycles. The highest BCUT2D eigenvalue weighted by Gasteiger charge is 2.13. The van der Waals surface area contributed by atoms with Crippen molar-refractivity contribution >= 4 is 11.3 Å². The monoisotopic (exact) mass is 224 g/mol. The summed E-state index contributed by atoms with van der Waals surface area (Å²) >= 11 is 1.79. The third-order valence-corrected chi connectivity index (χ3v) is 4.11. The lowest BCUT2D eigenvalue weighted by atomic mass is 10.2. The average molecular weight is 224 g/mol. The van der Waals surface area contributed by atoms with Gasteiger partial charge in [-0.25, -0.2) is 4.98 Å². The Morgan fingerprint density at radius 1 is 1.47 bits per heavy atom. The van der Waals surface area contributed by atoms with Crippen molar-refractivity contribution in [2.75, 3.05) is 6.54 Å². The van der Waals surface area contributed by atoms with Crippen LogP contribution in [0.3, 0.4) is 0 Å². The molecule has 2 rings (SSSR count). The van der Waals surface area contributed by atoms with E-state index in [0.29, 0.717) is 0 Å². The summed E-state index contributed by atoms with van der Waals surface area (Å²) in [5.74, 6) is 0. The van der Waals surface area contributed by atoms with Gasteiger partial charge in [0.2, 0.25) is 0 Å². The summed E-state index contributed by atoms with van der Waals surface area (Å²) in [4.78, 5) is 4.57. The zero-order chi connectivity index (χ0) is 10.5. The number of hydrogen-bond acceptors (Lipinski definition) is 3. The Morgan fingerprint density at radius 3 is 2.93 bits per heavy atom. The third kappa shape index (κ3) is 3.28. The van der Waals surface area contributed by atoms with Gasteiger partial charge >= 0.3 is 0 Å². The maximum absolute atomic E-state index is 4.57. The summed E-state index contributed by atoms with van der Waals surface area (Å²) < 4.78 is 0. The molecule has 3 heteroatoms. The van der Waals surface area contributed by atoms with E-state index in [1.165, 1.54) is 36.4 Å². The van der Waals surface area contributed by atoms with Crippen LogP contribution >= 0.6 is 11.3 Å². The molecule has 0 unspecified atom stereocenters. The van der Waals surface area contributed by atoms with Crippen molar-refractivity contribution in [3.05, 3.63) is 16.1 Å². The smallest absolute Gasteiger partial charge is 0.0925 e. The van der Waals surface area contributed by atoms with E-state index >= 15 is 0 Å². The number of nitrogens with zero attached hydrogens (tertiary/aromatic N) is 1. The first-order chi connectivity index (χ1) is 7.38. The highest BCUT2D eigenvalue weighted by molar-refractivity contribution is 7.09. The molecule has 1 fully saturated rings. The number of thiazole rings is 1. The molecule has 0 atom stereocenters. The molecule has 1 saturated carbocycles. The molecule has 1 aliphatic rings. The molecule has 0 aliphatic heterocycles. The Morgan fingerprint density at radius 2 is 2.27 bits per heavy atom. The van der Waals surface area contributed by atoms with Gasteiger partial charge in [-0.05, 0) is 19.3 Å². The number of nitrogens with one attached hydrogen (secondary N) is 1. The van der Waals surface area contributed by atoms with Crippen LogP contribution < -0.4 is 5.32 Å². The SMILES string of the molecule is CCc1nc(CCNC2CCCC2)cs1. The summed E-state index contributed by atoms with van der Waals surface area (Å²) in [6, 6.07) is 0.786. The first-order valence-electron chi connectivity index (χ1n) is 6.05. The first kappa shape index (κ1) is 11.1. The molecule has 84 valence electrons. The van der Waals surface area contributed by atoms with Crippen molar-refractivity contribution in [1.82, 2.24) is 10.3 Å². The summed E-state index contributed by atoms with van der Waals surface area (Å²) in [7, 11) is 0. The predicted octanol–water partition coefficient (Wildman–Crippen LogP) is 2.78. The average Bonchev–Trinajstić information content (AvgIpc) is 2.88. The quantitative estimate of drug-likeness (QED) is 0.832. The van der Waals surface area contributed by atoms with Gasteiger partial charge in [0.25, 0.3) is 0 Å². The van der Waals surface area contributed by atoms with Crippen LogP contribution in [0, 0.1) is 0 Å². The van der Waals surface area contributed by atoms with E-state index in [2.05, 4.69) is 22.6 Å². The van der Waals surface area contributed by atoms with E-state index in [4.69, 9.17) is 0 Å². The van der Waals surface area contributed by atoms with E-state index in [1.807, 2.05) is 0 Å². The van der Waals surface area contributed by atoms with Gasteiger partial charge in [-0.3, -0.25) is 0 Å². The highest BCUT2D eigenvalue weighted by atomic mass is 32.1. The van der Waals surface area contributed by atoms with Gasteiger partial charge < -0.3 is 5.32 Å². The maximum Gasteiger partial charge on any atom is 0.0925 e. The van der Waals surface area contributed by atoms with Gasteiger partial charge in [0, 0.05) is 24.4 Å². The lowest BCUT2D eigenvalue weighted by Gasteiger charge is -2.10. The maximum atomic E-state index is 4.57. The van der Waals surface area contributed by atoms with Crippen LogP contribution in [-0.4, -0.2) is 17.6 Å². The fourth-order valence-corrected chi connectivity index (χ4v) is 2.94. The topological polar surface area (TPSA) is 24.9 Å². The van der Waals surface area contributed by atoms with Crippen LogP contribution in [0.2, 0.25) is 0 Å². The van der Waals surface area contributed by atoms with E-state index in [9.17, 15) is 0 Å². The van der Waals surface area contributed by atoms with Gasteiger partial charge in [0.15, 0.2) is 0 Å². The third-order valence-electron chi connectivity index (χ3n) is 3.07. The minimum absolute atomic E-state index is 0.786. The molecule has 1 heterocycles. The van der Waals surface area contributed by atoms with Crippen LogP contribution in [0.1, 0.15) is 43.3 Å². The number of hydrogen-bond donors (Lipinski definition) is 1. The van der Waals surface area contributed by atoms with E-state index in [0.717, 1.165) is 25.4 Å². The normalized spacial score (nSPS) is 17.4. The molecule has 0 spiro atoms. The molecule has 1 N–H and O–H groups in total. The fourth-order valence-electron chi connectivity index (χ4n) is 2.16. The second-order valence-electron chi connectivity index (χ2n) is 4.27. The van der Waals surface area contributed by atoms with Crippen molar-refractivity contribution in [2.45, 2.75) is 51.5 Å². The van der Waals surface area contributed by atoms with Crippen molar-refractivity contribution in [3.8, 4) is 0 Å². The minimum Gasteiger partial charge on any atom is -0.314 e. The molecule has 0 saturated heterocycles. The molecule has 0 radical (unpaired) electrons. The van der Waals surface area contributed by atoms with Crippen LogP contribution in [0.25, 0.3) is 0 Å². The molecular weight excluding hydrogens is 204 g/mol. The Kier molecular flexibility index (Phi) is 4.15. The standard InChI is InChI=1S/C12H20N2S/c1-2-12-14-11(9-15-12)7-8-13-10-5-3-4-6-10/h9-10,13H,2-8H2,1H3. The fraction of sp³-hybridized carbons (Fsp3) is 0.750. The molecule has 0 amide bonds. The summed E-state index contributed by atoms with van der Waals surface area (Å²) in [6.07, 6.45) is 7.73. The van der Waals surface area contributed by atoms with Crippen molar-refractivity contribution < 1.29 is 0 Å². The number of aryl methyl sites for hydroxylation is 1. The second-order valence-corrected chi connectivity index (χ2v) is 5.21. The van der Waals surface area contributed by atoms with Gasteiger partial charge in [0.1, 0.15) is 0 Å². The lowest BCUT2D eigenvalue weighted by molar-refractivity contribution is 0.526. The lowest BCUT2D eigenvalue weighted by Crippen LogP contribution is -2.28. The summed E-state index contributed by atoms with van der Waals surface area (Å²) in [6.45, 7) is 3.26. The summed E-state index contributed by atoms with van der Waals surface area (Å²) in [5.41, 5.74) is 1.27. The Labute approximate surface area is 96.1 Å². The Balaban J connectivity index is 1.68. The predicted molar refractivity (Wildman–Crippen MR) is 65.5 cm³/mol. The van der Waals surface area contributed by atoms with Crippen molar-refractivity contribution in [2.24, 2.45) is 0 Å². The zero-order valence-corrected chi connectivity index (χ0v) is 10.3. The van der Waals surface area contributed by atoms with Gasteiger partial charge in [0.05, 0.1) is 10.7 Å². The Hall–Kier alpha value is -0.410. The molecule has 0 aromatic carbocycles. The van der Waals surface area contributed by atoms with E-state index in [-0.39, 0.29) is 0 Å². The van der Waals surface area contributed by atoms with Crippen LogP contribution in [0.4, 0.5) is 0 Å². The van der Waals surface area contributed by atoms with Crippen molar-refractivity contribution in [3.63, 3.8) is 0 Å². The first-order valence-corrected chi connectivity index (χ1v) is 6.93. The molecule has 15 heavy (non-hydrogen) atoms. The summed E-state index contributed by atoms with van der Waals surface area (Å²) in [5, 5.41) is 7.09. The van der Waals surface area contributed by atoms with Crippen LogP contribution in [-0.2, 0) is 12.8 Å². The van der Waals surface area contributed by atoms with Crippen molar-refractivity contribution in [1.29, 1.82) is 0 Å². The molecular formula is C12H20N2S. The zero-order valence-electron chi connectivity index (χ0n) is 9.46. The molecule has 0 bridgehead atoms. The Bertz CT molecular complexity index is 290. The second kappa shape index (κ2) is 5.61. The van der Waals surface area contributed by atoms with Gasteiger partial charge in [-0.2, -0.15) is 0 Å². The molecule has 2 nitrogen and oxygen atoms in total. The highest BCUT2D eigenvalue weighted by Crippen LogP contribution is 2.17. The van der Waals surface area contributed by atoms with Crippen LogP contribution in [0.5, 0.6) is 0 Å². The minimum atomic E-state index is 0.786. The van der Waals surface area contributed by atoms with Crippen LogP contribution in [0.15, 0.2) is 5.38 Å². The molecule has 1 aromatic heterocycles. The van der Waals surface area contributed by atoms with Gasteiger partial charge in [-0.15, -0.1) is 11.3 Å². The largest absolute Gasteiger partial charge is 0.314 e. The van der Waals surface area contributed by atoms with E-state index in [1.54, 1.807) is 11.3 Å².